The van der Waals surface area contributed by atoms with Crippen LogP contribution in [0.3, 0.4) is 0 Å². The van der Waals surface area contributed by atoms with Gasteiger partial charge in [-0.1, -0.05) is 13.8 Å². The van der Waals surface area contributed by atoms with Crippen molar-refractivity contribution in [2.75, 3.05) is 13.2 Å². The molecule has 0 radical (unpaired) electrons. The Hall–Kier alpha value is 1.61. The molecule has 0 aromatic heterocycles. The zero-order chi connectivity index (χ0) is 7.82. The third-order valence-corrected chi connectivity index (χ3v) is 3.60. The first-order valence-electron chi connectivity index (χ1n) is 3.91. The molecule has 0 N–H and O–H groups in total. The summed E-state index contributed by atoms with van der Waals surface area (Å²) in [7, 11) is 5.48. The van der Waals surface area contributed by atoms with Crippen LogP contribution in [0.5, 0.6) is 0 Å². The van der Waals surface area contributed by atoms with Crippen LogP contribution in [0, 0.1) is 0 Å². The van der Waals surface area contributed by atoms with Crippen LogP contribution in [0.1, 0.15) is 26.7 Å². The fourth-order valence-electron chi connectivity index (χ4n) is 0.510. The molecular formula is C7H16ClLiMgO. The average Bonchev–Trinajstić information content (AvgIpc) is 2.43. The summed E-state index contributed by atoms with van der Waals surface area (Å²) in [6.45, 7) is 6.30. The van der Waals surface area contributed by atoms with Crippen molar-refractivity contribution in [3.8, 4) is 0 Å². The van der Waals surface area contributed by atoms with Crippen molar-refractivity contribution in [3.63, 3.8) is 0 Å². The van der Waals surface area contributed by atoms with E-state index in [2.05, 4.69) is 13.8 Å². The molecule has 0 atom stereocenters. The number of ether oxygens (including phenoxy) is 1. The quantitative estimate of drug-likeness (QED) is 0.563. The van der Waals surface area contributed by atoms with Gasteiger partial charge in [-0.3, -0.25) is 0 Å². The van der Waals surface area contributed by atoms with Crippen LogP contribution in [0.25, 0.3) is 0 Å². The van der Waals surface area contributed by atoms with Crippen LogP contribution >= 0.6 is 9.07 Å². The Morgan fingerprint density at radius 1 is 1.27 bits per heavy atom. The van der Waals surface area contributed by atoms with Crippen LogP contribution in [0.2, 0.25) is 4.05 Å². The van der Waals surface area contributed by atoms with E-state index in [4.69, 9.17) is 13.8 Å². The first-order chi connectivity index (χ1) is 4.77. The summed E-state index contributed by atoms with van der Waals surface area (Å²) < 4.78 is 5.73. The molecular weight excluding hydrogens is 167 g/mol. The van der Waals surface area contributed by atoms with Crippen LogP contribution in [-0.2, 0) is 4.74 Å². The predicted molar refractivity (Wildman–Crippen MR) is 53.9 cm³/mol. The zero-order valence-corrected chi connectivity index (χ0v) is 9.07. The molecule has 1 fully saturated rings. The van der Waals surface area contributed by atoms with Crippen molar-refractivity contribution < 1.29 is 4.74 Å². The molecule has 1 heterocycles. The maximum atomic E-state index is 5.48. The molecule has 1 nitrogen and oxygen atoms in total. The second-order valence-corrected chi connectivity index (χ2v) is 5.74. The summed E-state index contributed by atoms with van der Waals surface area (Å²) >= 11 is -0.179. The fourth-order valence-corrected chi connectivity index (χ4v) is 0.510. The predicted octanol–water partition coefficient (Wildman–Crippen LogP) is 1.82. The van der Waals surface area contributed by atoms with Crippen LogP contribution in [0.4, 0.5) is 0 Å². The van der Waals surface area contributed by atoms with E-state index in [9.17, 15) is 0 Å². The van der Waals surface area contributed by atoms with Crippen LogP contribution < -0.4 is 0 Å². The van der Waals surface area contributed by atoms with E-state index < -0.39 is 0 Å². The van der Waals surface area contributed by atoms with E-state index in [1.807, 2.05) is 0 Å². The van der Waals surface area contributed by atoms with E-state index in [-0.39, 0.29) is 38.1 Å². The molecule has 1 aliphatic rings. The van der Waals surface area contributed by atoms with E-state index in [0.717, 1.165) is 17.3 Å². The van der Waals surface area contributed by atoms with Gasteiger partial charge in [0.15, 0.2) is 0 Å². The monoisotopic (exact) mass is 182 g/mol. The standard InChI is InChI=1S/C4H8O.C3H7.ClH.Li.Mg.H/c1-2-4-5-3-1;1-3-2;;;;/h1-4H2;3H,1-2H3;1H;;;/q;;;;+1;/p-1. The Labute approximate surface area is 95.3 Å². The molecule has 4 heteroatoms. The zero-order valence-electron chi connectivity index (χ0n) is 6.90. The van der Waals surface area contributed by atoms with E-state index >= 15 is 0 Å². The van der Waals surface area contributed by atoms with E-state index in [1.165, 1.54) is 12.8 Å². The number of hydrogen-bond acceptors (Lipinski definition) is 1. The summed E-state index contributed by atoms with van der Waals surface area (Å²) in [5.74, 6) is 0. The maximum absolute atomic E-state index is 5.48. The summed E-state index contributed by atoms with van der Waals surface area (Å²) in [4.78, 5) is 0. The second-order valence-electron chi connectivity index (χ2n) is 2.87. The Morgan fingerprint density at radius 2 is 1.64 bits per heavy atom. The van der Waals surface area contributed by atoms with Gasteiger partial charge in [0.05, 0.1) is 0 Å². The topological polar surface area (TPSA) is 9.23 Å². The minimum absolute atomic E-state index is 0. The fraction of sp³-hybridized carbons (Fsp3) is 1.00. The number of rotatable bonds is 1. The Morgan fingerprint density at radius 3 is 1.73 bits per heavy atom. The molecule has 0 saturated carbocycles. The molecule has 0 bridgehead atoms. The van der Waals surface area contributed by atoms with Crippen LogP contribution in [0.15, 0.2) is 0 Å². The van der Waals surface area contributed by atoms with Gasteiger partial charge >= 0.3 is 38.1 Å². The SMILES string of the molecule is C1CCOC1.C[CH](C)[Mg][Cl].[LiH]. The summed E-state index contributed by atoms with van der Waals surface area (Å²) in [5, 5.41) is 0. The average molecular weight is 183 g/mol. The van der Waals surface area contributed by atoms with Gasteiger partial charge in [-0.05, 0) is 12.8 Å². The Bertz CT molecular complexity index is 61.9. The van der Waals surface area contributed by atoms with Gasteiger partial charge in [-0.2, -0.15) is 0 Å². The normalized spacial score (nSPS) is 14.5. The Kier molecular flexibility index (Phi) is 15.9. The first-order valence-corrected chi connectivity index (χ1v) is 6.86. The summed E-state index contributed by atoms with van der Waals surface area (Å²) in [5.41, 5.74) is 0. The third kappa shape index (κ3) is 14.5. The molecule has 0 aliphatic carbocycles. The molecule has 0 spiro atoms. The molecule has 0 unspecified atom stereocenters. The van der Waals surface area contributed by atoms with Crippen molar-refractivity contribution in [1.29, 1.82) is 0 Å². The molecule has 0 aromatic rings. The summed E-state index contributed by atoms with van der Waals surface area (Å²) in [6, 6.07) is 0. The van der Waals surface area contributed by atoms with Gasteiger partial charge in [0.2, 0.25) is 0 Å². The van der Waals surface area contributed by atoms with E-state index in [1.54, 1.807) is 0 Å². The second kappa shape index (κ2) is 11.6. The van der Waals surface area contributed by atoms with Crippen molar-refractivity contribution in [1.82, 2.24) is 0 Å². The van der Waals surface area contributed by atoms with Crippen molar-refractivity contribution in [2.24, 2.45) is 0 Å². The molecule has 1 rings (SSSR count). The number of halogens is 1. The minimum atomic E-state index is -0.179. The molecule has 60 valence electrons. The van der Waals surface area contributed by atoms with Crippen molar-refractivity contribution in [2.45, 2.75) is 30.7 Å². The number of hydrogen-bond donors (Lipinski definition) is 0. The van der Waals surface area contributed by atoms with E-state index in [0.29, 0.717) is 0 Å². The summed E-state index contributed by atoms with van der Waals surface area (Å²) in [6.07, 6.45) is 2.56. The molecule has 1 aliphatic heterocycles. The third-order valence-electron chi connectivity index (χ3n) is 1.14. The van der Waals surface area contributed by atoms with Gasteiger partial charge in [0, 0.05) is 13.2 Å². The molecule has 0 aromatic carbocycles. The first kappa shape index (κ1) is 15.1. The van der Waals surface area contributed by atoms with Gasteiger partial charge < -0.3 is 13.8 Å². The van der Waals surface area contributed by atoms with Gasteiger partial charge in [0.1, 0.15) is 0 Å². The van der Waals surface area contributed by atoms with Crippen LogP contribution in [-0.4, -0.2) is 51.3 Å². The molecule has 1 saturated heterocycles. The Balaban J connectivity index is 0. The van der Waals surface area contributed by atoms with Gasteiger partial charge in [-0.15, -0.1) is 4.05 Å². The van der Waals surface area contributed by atoms with Gasteiger partial charge in [0.25, 0.3) is 0 Å². The molecule has 0 amide bonds. The van der Waals surface area contributed by atoms with Crippen molar-refractivity contribution in [3.05, 3.63) is 0 Å². The molecule has 11 heavy (non-hydrogen) atoms. The van der Waals surface area contributed by atoms with Crippen molar-refractivity contribution >= 4 is 47.2 Å². The van der Waals surface area contributed by atoms with Gasteiger partial charge in [-0.25, -0.2) is 0 Å².